The molecule has 1 aliphatic rings. The molecule has 1 amide bonds. The number of thioether (sulfide) groups is 1. The average Bonchev–Trinajstić information content (AvgIpc) is 2.85. The summed E-state index contributed by atoms with van der Waals surface area (Å²) in [6, 6.07) is 4.10. The van der Waals surface area contributed by atoms with Crippen LogP contribution in [0.3, 0.4) is 0 Å². The van der Waals surface area contributed by atoms with Gasteiger partial charge in [-0.3, -0.25) is 9.78 Å². The van der Waals surface area contributed by atoms with Crippen LogP contribution in [0.5, 0.6) is 0 Å². The summed E-state index contributed by atoms with van der Waals surface area (Å²) in [5.41, 5.74) is 5.70. The molecule has 0 aliphatic heterocycles. The number of hydrogen-bond acceptors (Lipinski definition) is 4. The van der Waals surface area contributed by atoms with Gasteiger partial charge in [0, 0.05) is 23.3 Å². The van der Waals surface area contributed by atoms with Crippen LogP contribution in [-0.2, 0) is 4.79 Å². The van der Waals surface area contributed by atoms with E-state index in [1.54, 1.807) is 12.4 Å². The van der Waals surface area contributed by atoms with Gasteiger partial charge in [-0.2, -0.15) is 0 Å². The van der Waals surface area contributed by atoms with Gasteiger partial charge >= 0.3 is 0 Å². The van der Waals surface area contributed by atoms with Gasteiger partial charge in [0.15, 0.2) is 0 Å². The first-order chi connectivity index (χ1) is 8.79. The van der Waals surface area contributed by atoms with Crippen molar-refractivity contribution in [3.8, 4) is 0 Å². The minimum absolute atomic E-state index is 0. The number of nitrogens with zero attached hydrogens (tertiary/aromatic N) is 1. The summed E-state index contributed by atoms with van der Waals surface area (Å²) in [6.07, 6.45) is 6.85. The van der Waals surface area contributed by atoms with Crippen molar-refractivity contribution in [3.63, 3.8) is 0 Å². The summed E-state index contributed by atoms with van der Waals surface area (Å²) in [7, 11) is 0. The molecule has 19 heavy (non-hydrogen) atoms. The molecule has 1 heterocycles. The lowest BCUT2D eigenvalue weighted by Gasteiger charge is -2.19. The molecule has 0 aromatic carbocycles. The van der Waals surface area contributed by atoms with Crippen LogP contribution < -0.4 is 11.1 Å². The number of carbonyl (C=O) groups excluding carboxylic acids is 1. The fraction of sp³-hybridized carbons (Fsp3) is 0.538. The minimum atomic E-state index is 0. The lowest BCUT2D eigenvalue weighted by atomic mass is 10.0. The summed E-state index contributed by atoms with van der Waals surface area (Å²) in [5, 5.41) is 3.09. The SMILES string of the molecule is Cl.NCC1CCCC1NC(=O)CSc1ccncc1. The standard InChI is InChI=1S/C13H19N3OS.ClH/c14-8-10-2-1-3-12(10)16-13(17)9-18-11-4-6-15-7-5-11;/h4-7,10,12H,1-3,8-9,14H2,(H,16,17);1H. The highest BCUT2D eigenvalue weighted by molar-refractivity contribution is 8.00. The van der Waals surface area contributed by atoms with E-state index in [1.807, 2.05) is 12.1 Å². The Morgan fingerprint density at radius 2 is 2.16 bits per heavy atom. The molecule has 1 aliphatic carbocycles. The molecule has 1 aromatic rings. The highest BCUT2D eigenvalue weighted by atomic mass is 35.5. The second-order valence-corrected chi connectivity index (χ2v) is 5.62. The molecule has 106 valence electrons. The largest absolute Gasteiger partial charge is 0.352 e. The summed E-state index contributed by atoms with van der Waals surface area (Å²) < 4.78 is 0. The molecular formula is C13H20ClN3OS. The van der Waals surface area contributed by atoms with E-state index in [1.165, 1.54) is 18.2 Å². The van der Waals surface area contributed by atoms with Gasteiger partial charge < -0.3 is 11.1 Å². The minimum Gasteiger partial charge on any atom is -0.352 e. The number of nitrogens with two attached hydrogens (primary N) is 1. The second-order valence-electron chi connectivity index (χ2n) is 4.57. The smallest absolute Gasteiger partial charge is 0.230 e. The van der Waals surface area contributed by atoms with E-state index in [-0.39, 0.29) is 24.4 Å². The van der Waals surface area contributed by atoms with E-state index in [0.29, 0.717) is 18.2 Å². The number of hydrogen-bond donors (Lipinski definition) is 2. The third-order valence-electron chi connectivity index (χ3n) is 3.33. The van der Waals surface area contributed by atoms with E-state index in [9.17, 15) is 4.79 Å². The van der Waals surface area contributed by atoms with E-state index >= 15 is 0 Å². The van der Waals surface area contributed by atoms with Crippen LogP contribution in [0, 0.1) is 5.92 Å². The van der Waals surface area contributed by atoms with E-state index in [4.69, 9.17) is 5.73 Å². The summed E-state index contributed by atoms with van der Waals surface area (Å²) in [5.74, 6) is 1.01. The lowest BCUT2D eigenvalue weighted by Crippen LogP contribution is -2.40. The fourth-order valence-electron chi connectivity index (χ4n) is 2.34. The molecule has 1 fully saturated rings. The second kappa shape index (κ2) is 8.40. The first-order valence-corrected chi connectivity index (χ1v) is 7.30. The Hall–Kier alpha value is -0.780. The van der Waals surface area contributed by atoms with Crippen molar-refractivity contribution in [2.75, 3.05) is 12.3 Å². The van der Waals surface area contributed by atoms with Crippen molar-refractivity contribution >= 4 is 30.1 Å². The third kappa shape index (κ3) is 5.01. The monoisotopic (exact) mass is 301 g/mol. The van der Waals surface area contributed by atoms with Crippen molar-refractivity contribution in [2.24, 2.45) is 11.7 Å². The topological polar surface area (TPSA) is 68.0 Å². The van der Waals surface area contributed by atoms with Crippen molar-refractivity contribution < 1.29 is 4.79 Å². The van der Waals surface area contributed by atoms with Crippen LogP contribution in [0.2, 0.25) is 0 Å². The first kappa shape index (κ1) is 16.3. The Morgan fingerprint density at radius 1 is 1.42 bits per heavy atom. The zero-order chi connectivity index (χ0) is 12.8. The Labute approximate surface area is 124 Å². The van der Waals surface area contributed by atoms with Gasteiger partial charge in [-0.05, 0) is 37.4 Å². The van der Waals surface area contributed by atoms with Gasteiger partial charge in [0.1, 0.15) is 0 Å². The Bertz CT molecular complexity index is 391. The van der Waals surface area contributed by atoms with Gasteiger partial charge in [0.25, 0.3) is 0 Å². The van der Waals surface area contributed by atoms with Gasteiger partial charge in [-0.15, -0.1) is 24.2 Å². The molecule has 0 spiro atoms. The molecule has 6 heteroatoms. The Balaban J connectivity index is 0.00000180. The number of halogens is 1. The van der Waals surface area contributed by atoms with E-state index < -0.39 is 0 Å². The molecule has 2 atom stereocenters. The molecule has 0 saturated heterocycles. The average molecular weight is 302 g/mol. The predicted octanol–water partition coefficient (Wildman–Crippen LogP) is 1.84. The molecular weight excluding hydrogens is 282 g/mol. The van der Waals surface area contributed by atoms with Crippen LogP contribution in [0.25, 0.3) is 0 Å². The van der Waals surface area contributed by atoms with Crippen molar-refractivity contribution in [2.45, 2.75) is 30.2 Å². The highest BCUT2D eigenvalue weighted by Gasteiger charge is 2.27. The van der Waals surface area contributed by atoms with Crippen LogP contribution in [0.15, 0.2) is 29.4 Å². The van der Waals surface area contributed by atoms with Crippen LogP contribution in [0.4, 0.5) is 0 Å². The van der Waals surface area contributed by atoms with Gasteiger partial charge in [0.2, 0.25) is 5.91 Å². The molecule has 2 unspecified atom stereocenters. The molecule has 1 aromatic heterocycles. The van der Waals surface area contributed by atoms with Crippen molar-refractivity contribution in [1.82, 2.24) is 10.3 Å². The third-order valence-corrected chi connectivity index (χ3v) is 4.34. The number of aromatic nitrogens is 1. The number of nitrogens with one attached hydrogen (secondary N) is 1. The summed E-state index contributed by atoms with van der Waals surface area (Å²) in [6.45, 7) is 0.669. The lowest BCUT2D eigenvalue weighted by molar-refractivity contribution is -0.119. The molecule has 3 N–H and O–H groups in total. The molecule has 2 rings (SSSR count). The van der Waals surface area contributed by atoms with Gasteiger partial charge in [0.05, 0.1) is 5.75 Å². The van der Waals surface area contributed by atoms with Crippen LogP contribution in [0.1, 0.15) is 19.3 Å². The maximum Gasteiger partial charge on any atom is 0.230 e. The fourth-order valence-corrected chi connectivity index (χ4v) is 3.04. The maximum atomic E-state index is 11.8. The number of pyridine rings is 1. The maximum absolute atomic E-state index is 11.8. The number of carbonyl (C=O) groups is 1. The summed E-state index contributed by atoms with van der Waals surface area (Å²) >= 11 is 1.54. The van der Waals surface area contributed by atoms with Crippen molar-refractivity contribution in [3.05, 3.63) is 24.5 Å². The van der Waals surface area contributed by atoms with Crippen LogP contribution in [-0.4, -0.2) is 29.2 Å². The quantitative estimate of drug-likeness (QED) is 0.814. The summed E-state index contributed by atoms with van der Waals surface area (Å²) in [4.78, 5) is 16.9. The predicted molar refractivity (Wildman–Crippen MR) is 80.5 cm³/mol. The van der Waals surface area contributed by atoms with Crippen LogP contribution >= 0.6 is 24.2 Å². The van der Waals surface area contributed by atoms with Gasteiger partial charge in [-0.1, -0.05) is 6.42 Å². The van der Waals surface area contributed by atoms with Crippen molar-refractivity contribution in [1.29, 1.82) is 0 Å². The molecule has 1 saturated carbocycles. The van der Waals surface area contributed by atoms with E-state index in [0.717, 1.165) is 17.7 Å². The first-order valence-electron chi connectivity index (χ1n) is 6.32. The molecule has 0 radical (unpaired) electrons. The molecule has 0 bridgehead atoms. The number of rotatable bonds is 5. The zero-order valence-electron chi connectivity index (χ0n) is 10.7. The van der Waals surface area contributed by atoms with E-state index in [2.05, 4.69) is 10.3 Å². The Kier molecular flexibility index (Phi) is 7.20. The zero-order valence-corrected chi connectivity index (χ0v) is 12.4. The Morgan fingerprint density at radius 3 is 2.84 bits per heavy atom. The normalized spacial score (nSPS) is 21.7. The highest BCUT2D eigenvalue weighted by Crippen LogP contribution is 2.25. The van der Waals surface area contributed by atoms with Gasteiger partial charge in [-0.25, -0.2) is 0 Å². The number of amides is 1. The molecule has 4 nitrogen and oxygen atoms in total.